The van der Waals surface area contributed by atoms with E-state index in [1.54, 1.807) is 0 Å². The van der Waals surface area contributed by atoms with Gasteiger partial charge in [-0.1, -0.05) is 84.9 Å². The van der Waals surface area contributed by atoms with Gasteiger partial charge in [-0.15, -0.1) is 0 Å². The van der Waals surface area contributed by atoms with Gasteiger partial charge in [0.15, 0.2) is 0 Å². The molecule has 0 aliphatic carbocycles. The molecule has 0 aliphatic heterocycles. The van der Waals surface area contributed by atoms with E-state index in [4.69, 9.17) is 0 Å². The molecule has 0 fully saturated rings. The third kappa shape index (κ3) is 4.04. The molecule has 0 amide bonds. The van der Waals surface area contributed by atoms with Crippen molar-refractivity contribution < 1.29 is 4.39 Å². The molecule has 0 spiro atoms. The highest BCUT2D eigenvalue weighted by Gasteiger charge is 2.22. The fourth-order valence-corrected chi connectivity index (χ4v) is 7.00. The number of hydrogen-bond acceptors (Lipinski definition) is 1. The third-order valence-electron chi connectivity index (χ3n) is 8.94. The smallest absolute Gasteiger partial charge is 0.123 e. The van der Waals surface area contributed by atoms with Gasteiger partial charge in [0, 0.05) is 44.3 Å². The molecular weight excluding hydrogens is 565 g/mol. The van der Waals surface area contributed by atoms with Crippen LogP contribution in [0.5, 0.6) is 0 Å². The summed E-state index contributed by atoms with van der Waals surface area (Å²) in [4.78, 5) is 2.37. The Balaban J connectivity index is 1.35. The van der Waals surface area contributed by atoms with Gasteiger partial charge in [0.25, 0.3) is 0 Å². The average molecular weight is 594 g/mol. The van der Waals surface area contributed by atoms with E-state index in [2.05, 4.69) is 160 Å². The molecule has 0 aliphatic rings. The topological polar surface area (TPSA) is 13.1 Å². The van der Waals surface area contributed by atoms with E-state index in [1.165, 1.54) is 28.4 Å². The number of hydrogen-bond donors (Lipinski definition) is 0. The van der Waals surface area contributed by atoms with E-state index < -0.39 is 0 Å². The van der Waals surface area contributed by atoms with E-state index >= 15 is 0 Å². The lowest BCUT2D eigenvalue weighted by atomic mass is 10.1. The molecule has 46 heavy (non-hydrogen) atoms. The molecular formula is C42H28FN3. The van der Waals surface area contributed by atoms with Gasteiger partial charge in [0.1, 0.15) is 5.82 Å². The zero-order valence-corrected chi connectivity index (χ0v) is 24.9. The summed E-state index contributed by atoms with van der Waals surface area (Å²) in [5, 5.41) is 4.70. The molecule has 9 rings (SSSR count). The highest BCUT2D eigenvalue weighted by atomic mass is 19.1. The molecule has 3 nitrogen and oxygen atoms in total. The first-order valence-electron chi connectivity index (χ1n) is 15.5. The number of rotatable bonds is 5. The van der Waals surface area contributed by atoms with Gasteiger partial charge in [-0.05, 0) is 84.9 Å². The Morgan fingerprint density at radius 1 is 0.391 bits per heavy atom. The molecule has 2 aromatic heterocycles. The predicted molar refractivity (Wildman–Crippen MR) is 190 cm³/mol. The second-order valence-corrected chi connectivity index (χ2v) is 11.6. The largest absolute Gasteiger partial charge is 0.309 e. The lowest BCUT2D eigenvalue weighted by Crippen LogP contribution is -2.11. The fraction of sp³-hybridized carbons (Fsp3) is 0. The number of nitrogens with zero attached hydrogens (tertiary/aromatic N) is 3. The highest BCUT2D eigenvalue weighted by Crippen LogP contribution is 2.44. The van der Waals surface area contributed by atoms with Crippen molar-refractivity contribution in [3.8, 4) is 11.4 Å². The normalized spacial score (nSPS) is 11.6. The number of benzene rings is 7. The van der Waals surface area contributed by atoms with Crippen LogP contribution in [0.15, 0.2) is 170 Å². The molecule has 4 heteroatoms. The Morgan fingerprint density at radius 2 is 0.957 bits per heavy atom. The predicted octanol–water partition coefficient (Wildman–Crippen LogP) is 11.5. The summed E-state index contributed by atoms with van der Waals surface area (Å²) < 4.78 is 18.5. The number of anilines is 3. The van der Waals surface area contributed by atoms with Crippen LogP contribution in [-0.2, 0) is 0 Å². The monoisotopic (exact) mass is 593 g/mol. The van der Waals surface area contributed by atoms with E-state index in [1.807, 2.05) is 12.1 Å². The van der Waals surface area contributed by atoms with E-state index in [9.17, 15) is 4.39 Å². The van der Waals surface area contributed by atoms with Crippen LogP contribution in [0.4, 0.5) is 21.5 Å². The third-order valence-corrected chi connectivity index (χ3v) is 8.94. The zero-order chi connectivity index (χ0) is 30.6. The van der Waals surface area contributed by atoms with Gasteiger partial charge in [0.2, 0.25) is 0 Å². The quantitative estimate of drug-likeness (QED) is 0.193. The van der Waals surface area contributed by atoms with Crippen molar-refractivity contribution >= 4 is 60.7 Å². The lowest BCUT2D eigenvalue weighted by molar-refractivity contribution is 0.627. The second kappa shape index (κ2) is 10.5. The van der Waals surface area contributed by atoms with Gasteiger partial charge < -0.3 is 14.0 Å². The summed E-state index contributed by atoms with van der Waals surface area (Å²) in [6, 6.07) is 58.3. The molecule has 7 aromatic carbocycles. The van der Waals surface area contributed by atoms with Crippen molar-refractivity contribution in [2.75, 3.05) is 4.90 Å². The van der Waals surface area contributed by atoms with Crippen molar-refractivity contribution in [1.29, 1.82) is 0 Å². The first-order valence-corrected chi connectivity index (χ1v) is 15.5. The average Bonchev–Trinajstić information content (AvgIpc) is 3.63. The van der Waals surface area contributed by atoms with Crippen molar-refractivity contribution in [2.24, 2.45) is 0 Å². The van der Waals surface area contributed by atoms with E-state index in [-0.39, 0.29) is 5.82 Å². The molecule has 9 aromatic rings. The molecule has 2 heterocycles. The molecule has 0 atom stereocenters. The Hall–Kier alpha value is -6.13. The highest BCUT2D eigenvalue weighted by molar-refractivity contribution is 6.15. The maximum absolute atomic E-state index is 13.9. The van der Waals surface area contributed by atoms with Crippen LogP contribution in [-0.4, -0.2) is 9.13 Å². The molecule has 0 unspecified atom stereocenters. The molecule has 0 N–H and O–H groups in total. The van der Waals surface area contributed by atoms with Crippen LogP contribution in [0.1, 0.15) is 0 Å². The van der Waals surface area contributed by atoms with Gasteiger partial charge in [-0.25, -0.2) is 4.39 Å². The number of aromatic nitrogens is 2. The van der Waals surface area contributed by atoms with Crippen LogP contribution in [0, 0.1) is 5.82 Å². The number of para-hydroxylation sites is 5. The van der Waals surface area contributed by atoms with E-state index in [0.29, 0.717) is 0 Å². The van der Waals surface area contributed by atoms with Crippen LogP contribution in [0.2, 0.25) is 0 Å². The summed E-state index contributed by atoms with van der Waals surface area (Å²) in [5.74, 6) is -0.243. The minimum absolute atomic E-state index is 0.243. The molecule has 0 saturated carbocycles. The van der Waals surface area contributed by atoms with Gasteiger partial charge in [-0.2, -0.15) is 0 Å². The summed E-state index contributed by atoms with van der Waals surface area (Å²) in [6.07, 6.45) is 0. The van der Waals surface area contributed by atoms with Crippen LogP contribution >= 0.6 is 0 Å². The lowest BCUT2D eigenvalue weighted by Gasteiger charge is -2.27. The first kappa shape index (κ1) is 26.3. The Labute approximate surface area is 265 Å². The summed E-state index contributed by atoms with van der Waals surface area (Å²) in [7, 11) is 0. The van der Waals surface area contributed by atoms with Gasteiger partial charge in [0.05, 0.1) is 27.8 Å². The van der Waals surface area contributed by atoms with Crippen molar-refractivity contribution in [3.63, 3.8) is 0 Å². The summed E-state index contributed by atoms with van der Waals surface area (Å²) >= 11 is 0. The van der Waals surface area contributed by atoms with Gasteiger partial charge >= 0.3 is 0 Å². The second-order valence-electron chi connectivity index (χ2n) is 11.6. The maximum Gasteiger partial charge on any atom is 0.123 e. The number of fused-ring (bicyclic) bond motifs is 6. The van der Waals surface area contributed by atoms with Crippen LogP contribution in [0.25, 0.3) is 55.0 Å². The SMILES string of the molecule is Fc1ccc(-n2c3ccccc3c3cc(N(c4ccccc4)c4cccc5c6ccccc6n(-c6ccccc6)c45)ccc32)cc1. The summed E-state index contributed by atoms with van der Waals surface area (Å²) in [6.45, 7) is 0. The van der Waals surface area contributed by atoms with Crippen molar-refractivity contribution in [2.45, 2.75) is 0 Å². The van der Waals surface area contributed by atoms with Crippen LogP contribution in [0.3, 0.4) is 0 Å². The molecule has 218 valence electrons. The van der Waals surface area contributed by atoms with Crippen molar-refractivity contribution in [3.05, 3.63) is 176 Å². The molecule has 0 saturated heterocycles. The molecule has 0 radical (unpaired) electrons. The fourth-order valence-electron chi connectivity index (χ4n) is 7.00. The zero-order valence-electron chi connectivity index (χ0n) is 24.9. The maximum atomic E-state index is 13.9. The molecule has 0 bridgehead atoms. The first-order chi connectivity index (χ1) is 22.8. The Kier molecular flexibility index (Phi) is 6.00. The van der Waals surface area contributed by atoms with Crippen LogP contribution < -0.4 is 4.90 Å². The standard InChI is InChI=1S/C42H28FN3/c43-29-22-24-32(25-23-29)45-38-19-9-8-17-35(38)37-28-33(26-27-40(37)45)44(30-12-3-1-4-13-30)41-21-11-18-36-34-16-7-10-20-39(34)46(42(36)41)31-14-5-2-6-15-31/h1-28H. The van der Waals surface area contributed by atoms with Gasteiger partial charge in [-0.3, -0.25) is 0 Å². The van der Waals surface area contributed by atoms with Crippen molar-refractivity contribution in [1.82, 2.24) is 9.13 Å². The minimum atomic E-state index is -0.243. The minimum Gasteiger partial charge on any atom is -0.309 e. The van der Waals surface area contributed by atoms with E-state index in [0.717, 1.165) is 55.8 Å². The summed E-state index contributed by atoms with van der Waals surface area (Å²) in [5.41, 5.74) is 9.73. The Bertz CT molecular complexity index is 2530. The Morgan fingerprint density at radius 3 is 1.70 bits per heavy atom. The number of halogens is 1.